The molecule has 114 valence electrons. The van der Waals surface area contributed by atoms with Gasteiger partial charge in [-0.2, -0.15) is 0 Å². The van der Waals surface area contributed by atoms with Crippen molar-refractivity contribution in [3.63, 3.8) is 0 Å². The predicted molar refractivity (Wildman–Crippen MR) is 90.4 cm³/mol. The highest BCUT2D eigenvalue weighted by Crippen LogP contribution is 2.25. The Hall–Kier alpha value is -3.08. The Bertz CT molecular complexity index is 809. The van der Waals surface area contributed by atoms with Crippen molar-refractivity contribution in [2.45, 2.75) is 6.17 Å². The first kappa shape index (κ1) is 13.6. The Kier molecular flexibility index (Phi) is 3.12. The maximum absolute atomic E-state index is 9.41. The molecule has 0 fully saturated rings. The highest BCUT2D eigenvalue weighted by Gasteiger charge is 2.33. The van der Waals surface area contributed by atoms with Gasteiger partial charge in [-0.3, -0.25) is 10.4 Å². The first-order valence-corrected chi connectivity index (χ1v) is 7.48. The third-order valence-corrected chi connectivity index (χ3v) is 4.05. The number of hydrogen-bond acceptors (Lipinski definition) is 4. The van der Waals surface area contributed by atoms with E-state index < -0.39 is 0 Å². The van der Waals surface area contributed by atoms with Crippen molar-refractivity contribution < 1.29 is 5.11 Å². The number of phenols is 1. The van der Waals surface area contributed by atoms with E-state index in [9.17, 15) is 5.11 Å². The van der Waals surface area contributed by atoms with Crippen LogP contribution in [0.3, 0.4) is 0 Å². The molecule has 23 heavy (non-hydrogen) atoms. The fraction of sp³-hybridized carbons (Fsp3) is 0.111. The van der Waals surface area contributed by atoms with Crippen LogP contribution in [0, 0.1) is 5.41 Å². The number of benzene rings is 2. The Labute approximate surface area is 134 Å². The quantitative estimate of drug-likeness (QED) is 0.798. The molecule has 0 aromatic heterocycles. The molecule has 5 nitrogen and oxygen atoms in total. The summed E-state index contributed by atoms with van der Waals surface area (Å²) in [6.07, 6.45) is 1.83. The smallest absolute Gasteiger partial charge is 0.153 e. The lowest BCUT2D eigenvalue weighted by Crippen LogP contribution is -2.42. The van der Waals surface area contributed by atoms with Crippen LogP contribution in [-0.2, 0) is 0 Å². The van der Waals surface area contributed by atoms with E-state index in [1.807, 2.05) is 53.6 Å². The van der Waals surface area contributed by atoms with Gasteiger partial charge in [-0.25, -0.2) is 0 Å². The van der Waals surface area contributed by atoms with Gasteiger partial charge < -0.3 is 15.3 Å². The lowest BCUT2D eigenvalue weighted by Gasteiger charge is -2.29. The van der Waals surface area contributed by atoms with E-state index in [-0.39, 0.29) is 11.9 Å². The normalized spacial score (nSPS) is 19.7. The van der Waals surface area contributed by atoms with Gasteiger partial charge in [0.1, 0.15) is 17.6 Å². The van der Waals surface area contributed by atoms with E-state index in [4.69, 9.17) is 5.41 Å². The van der Waals surface area contributed by atoms with Crippen LogP contribution in [0.1, 0.15) is 11.1 Å². The first-order chi connectivity index (χ1) is 11.2. The molecule has 0 spiro atoms. The molecular formula is C18H16N4O. The second kappa shape index (κ2) is 5.28. The van der Waals surface area contributed by atoms with Gasteiger partial charge in [0.25, 0.3) is 0 Å². The number of aromatic hydroxyl groups is 1. The van der Waals surface area contributed by atoms with E-state index >= 15 is 0 Å². The topological polar surface area (TPSA) is 71.7 Å². The average molecular weight is 304 g/mol. The highest BCUT2D eigenvalue weighted by molar-refractivity contribution is 6.48. The molecule has 0 bridgehead atoms. The lowest BCUT2D eigenvalue weighted by atomic mass is 10.1. The van der Waals surface area contributed by atoms with Crippen LogP contribution in [0.5, 0.6) is 5.75 Å². The summed E-state index contributed by atoms with van der Waals surface area (Å²) in [5.41, 5.74) is 3.59. The van der Waals surface area contributed by atoms with Crippen LogP contribution in [0.2, 0.25) is 0 Å². The zero-order chi connectivity index (χ0) is 15.8. The van der Waals surface area contributed by atoms with Gasteiger partial charge >= 0.3 is 0 Å². The van der Waals surface area contributed by atoms with Crippen LogP contribution < -0.4 is 5.32 Å². The van der Waals surface area contributed by atoms with Gasteiger partial charge in [-0.05, 0) is 29.8 Å². The minimum Gasteiger partial charge on any atom is -0.508 e. The summed E-state index contributed by atoms with van der Waals surface area (Å²) in [5.74, 6) is 0.658. The minimum atomic E-state index is -0.0847. The van der Waals surface area contributed by atoms with E-state index in [0.29, 0.717) is 12.4 Å². The Balaban J connectivity index is 1.65. The Morgan fingerprint density at radius 1 is 1.04 bits per heavy atom. The average Bonchev–Trinajstić information content (AvgIpc) is 2.93. The molecule has 0 radical (unpaired) electrons. The van der Waals surface area contributed by atoms with Crippen molar-refractivity contribution in [1.29, 1.82) is 5.41 Å². The summed E-state index contributed by atoms with van der Waals surface area (Å²) in [5, 5.41) is 21.2. The molecule has 0 saturated carbocycles. The predicted octanol–water partition coefficient (Wildman–Crippen LogP) is 2.40. The Morgan fingerprint density at radius 3 is 2.52 bits per heavy atom. The van der Waals surface area contributed by atoms with Gasteiger partial charge in [-0.15, -0.1) is 0 Å². The van der Waals surface area contributed by atoms with Crippen LogP contribution in [0.4, 0.5) is 0 Å². The molecule has 2 aliphatic rings. The fourth-order valence-electron chi connectivity index (χ4n) is 2.85. The third kappa shape index (κ3) is 2.36. The standard InChI is InChI=1S/C18H16N4O/c19-18-17(13-4-2-1-3-5-13)21-16-10-20-15(11-22(16)18)12-6-8-14(23)9-7-12/h1-9,11,16,19-20,23H,10H2. The van der Waals surface area contributed by atoms with Crippen LogP contribution in [-0.4, -0.2) is 34.3 Å². The van der Waals surface area contributed by atoms with Crippen molar-refractivity contribution in [1.82, 2.24) is 10.2 Å². The molecule has 0 aliphatic carbocycles. The molecule has 2 heterocycles. The zero-order valence-electron chi connectivity index (χ0n) is 12.4. The fourth-order valence-corrected chi connectivity index (χ4v) is 2.85. The maximum atomic E-state index is 9.41. The van der Waals surface area contributed by atoms with Gasteiger partial charge in [0.2, 0.25) is 0 Å². The summed E-state index contributed by atoms with van der Waals surface area (Å²) in [4.78, 5) is 6.56. The number of phenolic OH excluding ortho intramolecular Hbond substituents is 1. The number of amidine groups is 1. The van der Waals surface area contributed by atoms with E-state index in [0.717, 1.165) is 22.5 Å². The van der Waals surface area contributed by atoms with Gasteiger partial charge in [-0.1, -0.05) is 30.3 Å². The van der Waals surface area contributed by atoms with Crippen molar-refractivity contribution >= 4 is 17.2 Å². The maximum Gasteiger partial charge on any atom is 0.153 e. The summed E-state index contributed by atoms with van der Waals surface area (Å²) in [7, 11) is 0. The molecule has 4 rings (SSSR count). The molecule has 0 saturated heterocycles. The Morgan fingerprint density at radius 2 is 1.78 bits per heavy atom. The third-order valence-electron chi connectivity index (χ3n) is 4.05. The molecule has 2 aromatic rings. The molecule has 1 atom stereocenters. The first-order valence-electron chi connectivity index (χ1n) is 7.48. The van der Waals surface area contributed by atoms with Gasteiger partial charge in [0.15, 0.2) is 5.84 Å². The van der Waals surface area contributed by atoms with Crippen molar-refractivity contribution in [3.05, 3.63) is 71.9 Å². The van der Waals surface area contributed by atoms with Crippen molar-refractivity contribution in [2.24, 2.45) is 4.99 Å². The monoisotopic (exact) mass is 304 g/mol. The summed E-state index contributed by atoms with van der Waals surface area (Å²) in [6.45, 7) is 0.644. The molecule has 1 unspecified atom stereocenters. The number of rotatable bonds is 2. The van der Waals surface area contributed by atoms with E-state index in [2.05, 4.69) is 10.3 Å². The molecular weight excluding hydrogens is 288 g/mol. The molecule has 2 aliphatic heterocycles. The number of nitrogens with zero attached hydrogens (tertiary/aromatic N) is 2. The zero-order valence-corrected chi connectivity index (χ0v) is 12.4. The highest BCUT2D eigenvalue weighted by atomic mass is 16.3. The van der Waals surface area contributed by atoms with Crippen LogP contribution in [0.15, 0.2) is 65.8 Å². The second-order valence-corrected chi connectivity index (χ2v) is 5.55. The van der Waals surface area contributed by atoms with E-state index in [1.165, 1.54) is 0 Å². The summed E-state index contributed by atoms with van der Waals surface area (Å²) < 4.78 is 0. The van der Waals surface area contributed by atoms with Crippen LogP contribution >= 0.6 is 0 Å². The van der Waals surface area contributed by atoms with E-state index in [1.54, 1.807) is 12.1 Å². The molecule has 0 amide bonds. The summed E-state index contributed by atoms with van der Waals surface area (Å²) >= 11 is 0. The number of fused-ring (bicyclic) bond motifs is 1. The van der Waals surface area contributed by atoms with Gasteiger partial charge in [0.05, 0.1) is 12.2 Å². The van der Waals surface area contributed by atoms with Crippen molar-refractivity contribution in [3.8, 4) is 5.75 Å². The molecule has 5 heteroatoms. The minimum absolute atomic E-state index is 0.0847. The summed E-state index contributed by atoms with van der Waals surface area (Å²) in [6, 6.07) is 16.8. The second-order valence-electron chi connectivity index (χ2n) is 5.55. The molecule has 2 aromatic carbocycles. The largest absolute Gasteiger partial charge is 0.508 e. The number of hydrogen-bond donors (Lipinski definition) is 3. The van der Waals surface area contributed by atoms with Gasteiger partial charge in [0, 0.05) is 11.8 Å². The SMILES string of the molecule is N=C1C(c2ccccc2)=NC2CNC(c3ccc(O)cc3)=CN12. The lowest BCUT2D eigenvalue weighted by molar-refractivity contribution is 0.405. The van der Waals surface area contributed by atoms with Crippen LogP contribution in [0.25, 0.3) is 5.70 Å². The molecule has 3 N–H and O–H groups in total. The number of aliphatic imine (C=N–C) groups is 1. The van der Waals surface area contributed by atoms with Crippen molar-refractivity contribution in [2.75, 3.05) is 6.54 Å². The number of nitrogens with one attached hydrogen (secondary N) is 2.